The lowest BCUT2D eigenvalue weighted by atomic mass is 10.1. The third kappa shape index (κ3) is 1.84. The summed E-state index contributed by atoms with van der Waals surface area (Å²) in [7, 11) is -1.67. The minimum atomic E-state index is -1.67. The van der Waals surface area contributed by atoms with Gasteiger partial charge in [-0.2, -0.15) is 0 Å². The molecule has 0 fully saturated rings. The fraction of sp³-hybridized carbons (Fsp3) is 0.333. The van der Waals surface area contributed by atoms with Gasteiger partial charge in [-0.15, -0.1) is 22.2 Å². The van der Waals surface area contributed by atoms with Gasteiger partial charge in [0.15, 0.2) is 0 Å². The van der Waals surface area contributed by atoms with Crippen molar-refractivity contribution in [2.45, 2.75) is 20.8 Å². The highest BCUT2D eigenvalue weighted by molar-refractivity contribution is 7.39. The molecule has 0 heterocycles. The zero-order chi connectivity index (χ0) is 9.30. The maximum Gasteiger partial charge on any atom is 0.266 e. The van der Waals surface area contributed by atoms with Crippen molar-refractivity contribution in [2.24, 2.45) is 0 Å². The van der Waals surface area contributed by atoms with Crippen molar-refractivity contribution in [2.75, 3.05) is 0 Å². The molecular weight excluding hydrogens is 207 g/mol. The molecule has 0 amide bonds. The van der Waals surface area contributed by atoms with Gasteiger partial charge in [-0.05, 0) is 42.6 Å². The van der Waals surface area contributed by atoms with E-state index in [0.717, 1.165) is 5.19 Å². The van der Waals surface area contributed by atoms with Crippen LogP contribution in [-0.2, 0) is 0 Å². The predicted octanol–water partition coefficient (Wildman–Crippen LogP) is 2.52. The van der Waals surface area contributed by atoms with E-state index in [-0.39, 0.29) is 0 Å². The van der Waals surface area contributed by atoms with Crippen molar-refractivity contribution in [1.29, 1.82) is 0 Å². The summed E-state index contributed by atoms with van der Waals surface area (Å²) in [6.07, 6.45) is 0. The Morgan fingerprint density at radius 1 is 1.00 bits per heavy atom. The SMILES string of the molecule is Cc1ccc([SiH](Cl)Cl)c(C)c1C. The smallest absolute Gasteiger partial charge is 0.144 e. The van der Waals surface area contributed by atoms with Gasteiger partial charge >= 0.3 is 0 Å². The second-order valence-corrected chi connectivity index (χ2v) is 7.53. The number of hydrogen-bond acceptors (Lipinski definition) is 0. The van der Waals surface area contributed by atoms with E-state index in [1.165, 1.54) is 16.7 Å². The number of rotatable bonds is 1. The highest BCUT2D eigenvalue weighted by atomic mass is 35.7. The van der Waals surface area contributed by atoms with Crippen LogP contribution in [-0.4, -0.2) is 7.42 Å². The van der Waals surface area contributed by atoms with Gasteiger partial charge in [-0.25, -0.2) is 0 Å². The van der Waals surface area contributed by atoms with E-state index in [9.17, 15) is 0 Å². The van der Waals surface area contributed by atoms with Crippen LogP contribution in [0.3, 0.4) is 0 Å². The molecule has 3 heteroatoms. The average Bonchev–Trinajstić information content (AvgIpc) is 2.00. The monoisotopic (exact) mass is 218 g/mol. The number of hydrogen-bond donors (Lipinski definition) is 0. The molecule has 0 radical (unpaired) electrons. The lowest BCUT2D eigenvalue weighted by molar-refractivity contribution is 1.28. The van der Waals surface area contributed by atoms with Gasteiger partial charge in [0.2, 0.25) is 0 Å². The van der Waals surface area contributed by atoms with Crippen LogP contribution in [0.2, 0.25) is 0 Å². The third-order valence-corrected chi connectivity index (χ3v) is 4.84. The Hall–Kier alpha value is 0.0169. The van der Waals surface area contributed by atoms with Crippen LogP contribution in [0.15, 0.2) is 12.1 Å². The average molecular weight is 219 g/mol. The van der Waals surface area contributed by atoms with Gasteiger partial charge < -0.3 is 0 Å². The first kappa shape index (κ1) is 10.1. The van der Waals surface area contributed by atoms with E-state index >= 15 is 0 Å². The molecule has 0 atom stereocenters. The summed E-state index contributed by atoms with van der Waals surface area (Å²) >= 11 is 11.9. The van der Waals surface area contributed by atoms with Crippen molar-refractivity contribution < 1.29 is 0 Å². The van der Waals surface area contributed by atoms with E-state index in [0.29, 0.717) is 0 Å². The number of aryl methyl sites for hydroxylation is 1. The van der Waals surface area contributed by atoms with Crippen LogP contribution in [0.5, 0.6) is 0 Å². The first-order valence-electron chi connectivity index (χ1n) is 3.89. The van der Waals surface area contributed by atoms with Crippen molar-refractivity contribution in [3.63, 3.8) is 0 Å². The second kappa shape index (κ2) is 3.82. The van der Waals surface area contributed by atoms with Crippen LogP contribution >= 0.6 is 22.2 Å². The standard InChI is InChI=1S/C9H12Cl2Si/c1-6-4-5-9(12(10)11)8(3)7(6)2/h4-5,12H,1-3H3. The lowest BCUT2D eigenvalue weighted by Gasteiger charge is -2.10. The molecule has 1 aromatic rings. The molecule has 0 spiro atoms. The highest BCUT2D eigenvalue weighted by Gasteiger charge is 2.11. The van der Waals surface area contributed by atoms with Gasteiger partial charge in [0, 0.05) is 0 Å². The second-order valence-electron chi connectivity index (χ2n) is 3.02. The van der Waals surface area contributed by atoms with Crippen molar-refractivity contribution in [1.82, 2.24) is 0 Å². The van der Waals surface area contributed by atoms with E-state index in [1.54, 1.807) is 0 Å². The Morgan fingerprint density at radius 2 is 1.58 bits per heavy atom. The fourth-order valence-electron chi connectivity index (χ4n) is 1.21. The zero-order valence-electron chi connectivity index (χ0n) is 7.49. The molecule has 0 saturated carbocycles. The van der Waals surface area contributed by atoms with Crippen molar-refractivity contribution >= 4 is 34.8 Å². The predicted molar refractivity (Wildman–Crippen MR) is 59.1 cm³/mol. The largest absolute Gasteiger partial charge is 0.266 e. The van der Waals surface area contributed by atoms with Crippen LogP contribution < -0.4 is 5.19 Å². The van der Waals surface area contributed by atoms with Gasteiger partial charge in [0.25, 0.3) is 7.42 Å². The summed E-state index contributed by atoms with van der Waals surface area (Å²) in [5.74, 6) is 0. The molecule has 0 aliphatic carbocycles. The minimum Gasteiger partial charge on any atom is -0.144 e. The molecule has 0 N–H and O–H groups in total. The zero-order valence-corrected chi connectivity index (χ0v) is 10.2. The summed E-state index contributed by atoms with van der Waals surface area (Å²) in [4.78, 5) is 0. The first-order valence-corrected chi connectivity index (χ1v) is 7.95. The van der Waals surface area contributed by atoms with Gasteiger partial charge in [0.05, 0.1) is 0 Å². The topological polar surface area (TPSA) is 0 Å². The number of benzene rings is 1. The Kier molecular flexibility index (Phi) is 3.21. The van der Waals surface area contributed by atoms with E-state index in [2.05, 4.69) is 32.9 Å². The lowest BCUT2D eigenvalue weighted by Crippen LogP contribution is -2.22. The molecule has 66 valence electrons. The Balaban J connectivity index is 3.27. The summed E-state index contributed by atoms with van der Waals surface area (Å²) in [6, 6.07) is 4.14. The summed E-state index contributed by atoms with van der Waals surface area (Å²) in [5.41, 5.74) is 3.88. The molecule has 0 nitrogen and oxygen atoms in total. The van der Waals surface area contributed by atoms with Crippen LogP contribution in [0, 0.1) is 20.8 Å². The minimum absolute atomic E-state index is 1.15. The molecule has 1 rings (SSSR count). The van der Waals surface area contributed by atoms with Crippen LogP contribution in [0.4, 0.5) is 0 Å². The van der Waals surface area contributed by atoms with E-state index < -0.39 is 7.42 Å². The molecule has 0 saturated heterocycles. The number of halogens is 2. The van der Waals surface area contributed by atoms with Gasteiger partial charge in [0.1, 0.15) is 0 Å². The molecule has 0 aliphatic heterocycles. The van der Waals surface area contributed by atoms with E-state index in [4.69, 9.17) is 22.2 Å². The van der Waals surface area contributed by atoms with Gasteiger partial charge in [-0.3, -0.25) is 0 Å². The quantitative estimate of drug-likeness (QED) is 0.503. The molecular formula is C9H12Cl2Si. The van der Waals surface area contributed by atoms with E-state index in [1.807, 2.05) is 0 Å². The Labute approximate surface area is 84.5 Å². The summed E-state index contributed by atoms with van der Waals surface area (Å²) in [6.45, 7) is 6.30. The molecule has 0 bridgehead atoms. The maximum atomic E-state index is 5.94. The molecule has 1 aromatic carbocycles. The Bertz CT molecular complexity index is 295. The van der Waals surface area contributed by atoms with Crippen molar-refractivity contribution in [3.05, 3.63) is 28.8 Å². The molecule has 0 aliphatic rings. The molecule has 12 heavy (non-hydrogen) atoms. The molecule has 0 unspecified atom stereocenters. The summed E-state index contributed by atoms with van der Waals surface area (Å²) < 4.78 is 0. The third-order valence-electron chi connectivity index (χ3n) is 2.34. The normalized spacial score (nSPS) is 10.8. The van der Waals surface area contributed by atoms with Gasteiger partial charge in [-0.1, -0.05) is 12.1 Å². The maximum absolute atomic E-state index is 5.94. The van der Waals surface area contributed by atoms with Crippen LogP contribution in [0.25, 0.3) is 0 Å². The Morgan fingerprint density at radius 3 is 2.08 bits per heavy atom. The highest BCUT2D eigenvalue weighted by Crippen LogP contribution is 2.12. The van der Waals surface area contributed by atoms with Crippen molar-refractivity contribution in [3.8, 4) is 0 Å². The first-order chi connectivity index (χ1) is 5.54. The molecule has 0 aromatic heterocycles. The summed E-state index contributed by atoms with van der Waals surface area (Å²) in [5, 5.41) is 1.15. The van der Waals surface area contributed by atoms with Crippen LogP contribution in [0.1, 0.15) is 16.7 Å². The fourth-order valence-corrected chi connectivity index (χ4v) is 3.42.